The van der Waals surface area contributed by atoms with Crippen molar-refractivity contribution < 1.29 is 10.7 Å². The van der Waals surface area contributed by atoms with E-state index < -0.39 is 10.7 Å². The monoisotopic (exact) mass is 181 g/mol. The van der Waals surface area contributed by atoms with Crippen LogP contribution in [0.4, 0.5) is 0 Å². The fourth-order valence-corrected chi connectivity index (χ4v) is 0. The topological polar surface area (TPSA) is 36.5 Å². The largest absolute Gasteiger partial charge is 0.369 e. The van der Waals surface area contributed by atoms with Crippen LogP contribution in [0.2, 0.25) is 0 Å². The van der Waals surface area contributed by atoms with Crippen LogP contribution in [-0.2, 0) is 10.7 Å². The molecule has 0 aliphatic carbocycles. The van der Waals surface area contributed by atoms with Crippen molar-refractivity contribution in [1.29, 1.82) is 0 Å². The van der Waals surface area contributed by atoms with Crippen molar-refractivity contribution in [2.24, 2.45) is 0 Å². The molecule has 0 saturated heterocycles. The van der Waals surface area contributed by atoms with E-state index in [0.717, 1.165) is 0 Å². The molecule has 39 valence electrons. The Bertz CT molecular complexity index is 11.6. The first kappa shape index (κ1) is 9.59. The molecule has 0 fully saturated rings. The van der Waals surface area contributed by atoms with Crippen molar-refractivity contribution >= 4 is 30.6 Å². The van der Waals surface area contributed by atoms with Gasteiger partial charge in [-0.2, -0.15) is 0 Å². The van der Waals surface area contributed by atoms with Crippen LogP contribution in [0.15, 0.2) is 0 Å². The predicted octanol–water partition coefficient (Wildman–Crippen LogP) is 2.44. The second-order valence-corrected chi connectivity index (χ2v) is 5.03. The van der Waals surface area contributed by atoms with Crippen molar-refractivity contribution in [3.8, 4) is 0 Å². The molecule has 0 unspecified atom stereocenters. The number of quaternary nitrogens is 1. The van der Waals surface area contributed by atoms with E-state index in [4.69, 9.17) is 30.6 Å². The molecule has 0 amide bonds. The summed E-state index contributed by atoms with van der Waals surface area (Å²) in [7, 11) is 13.5. The minimum atomic E-state index is -1.04. The van der Waals surface area contributed by atoms with E-state index in [-0.39, 0.29) is 6.15 Å². The summed E-state index contributed by atoms with van der Waals surface area (Å²) in [6, 6.07) is 0. The molecule has 5 heavy (non-hydrogen) atoms. The third-order valence-electron chi connectivity index (χ3n) is 0. The van der Waals surface area contributed by atoms with Crippen LogP contribution in [0.3, 0.4) is 0 Å². The Morgan fingerprint density at radius 2 is 1.00 bits per heavy atom. The van der Waals surface area contributed by atoms with Gasteiger partial charge in [-0.1, -0.05) is 0 Å². The molecule has 0 saturated carbocycles. The molecule has 0 spiro atoms. The smallest absolute Gasteiger partial charge is 0.369 e. The zero-order chi connectivity index (χ0) is 3.58. The minimum absolute atomic E-state index is 0. The van der Waals surface area contributed by atoms with E-state index in [1.807, 2.05) is 0 Å². The summed E-state index contributed by atoms with van der Waals surface area (Å²) in [6.07, 6.45) is 0. The van der Waals surface area contributed by atoms with Gasteiger partial charge in [-0.3, -0.25) is 0 Å². The Morgan fingerprint density at radius 1 is 1.00 bits per heavy atom. The average molecular weight is 183 g/mol. The average Bonchev–Trinajstić information content (AvgIpc) is 0.811. The van der Waals surface area contributed by atoms with Gasteiger partial charge < -0.3 is 6.15 Å². The molecule has 0 heterocycles. The number of rotatable bonds is 0. The van der Waals surface area contributed by atoms with Gasteiger partial charge in [-0.05, 0) is 0 Å². The maximum absolute atomic E-state index is 4.85. The molecule has 0 aliphatic rings. The summed E-state index contributed by atoms with van der Waals surface area (Å²) in [5.41, 5.74) is 0. The van der Waals surface area contributed by atoms with Crippen molar-refractivity contribution in [2.45, 2.75) is 0 Å². The molecular formula is H4Cl3NNi+. The molecular weight excluding hydrogens is 179 g/mol. The van der Waals surface area contributed by atoms with Crippen molar-refractivity contribution in [2.75, 3.05) is 0 Å². The first-order chi connectivity index (χ1) is 1.73. The maximum atomic E-state index is 4.85. The van der Waals surface area contributed by atoms with Gasteiger partial charge in [0, 0.05) is 0 Å². The second-order valence-electron chi connectivity index (χ2n) is 0.136. The van der Waals surface area contributed by atoms with E-state index in [2.05, 4.69) is 0 Å². The molecule has 0 bridgehead atoms. The van der Waals surface area contributed by atoms with Gasteiger partial charge >= 0.3 is 41.3 Å². The summed E-state index contributed by atoms with van der Waals surface area (Å²) in [5.74, 6) is 0. The first-order valence-corrected chi connectivity index (χ1v) is 4.44. The van der Waals surface area contributed by atoms with Crippen LogP contribution in [0, 0.1) is 0 Å². The summed E-state index contributed by atoms with van der Waals surface area (Å²) < 4.78 is 0. The van der Waals surface area contributed by atoms with Crippen LogP contribution >= 0.6 is 30.6 Å². The number of halogens is 3. The molecule has 0 atom stereocenters. The van der Waals surface area contributed by atoms with E-state index >= 15 is 0 Å². The van der Waals surface area contributed by atoms with Gasteiger partial charge in [0.05, 0.1) is 0 Å². The molecule has 1 nitrogen and oxygen atoms in total. The Morgan fingerprint density at radius 3 is 1.00 bits per heavy atom. The molecule has 0 aliphatic heterocycles. The van der Waals surface area contributed by atoms with Crippen LogP contribution in [-0.4, -0.2) is 0 Å². The summed E-state index contributed by atoms with van der Waals surface area (Å²) in [5, 5.41) is 0. The van der Waals surface area contributed by atoms with Crippen LogP contribution in [0.25, 0.3) is 0 Å². The fraction of sp³-hybridized carbons (Fsp3) is 0. The van der Waals surface area contributed by atoms with Crippen LogP contribution in [0.1, 0.15) is 0 Å². The second kappa shape index (κ2) is 5.32. The quantitative estimate of drug-likeness (QED) is 0.560. The first-order valence-electron chi connectivity index (χ1n) is 0.359. The van der Waals surface area contributed by atoms with Gasteiger partial charge in [0.2, 0.25) is 0 Å². The van der Waals surface area contributed by atoms with Gasteiger partial charge in [0.1, 0.15) is 0 Å². The van der Waals surface area contributed by atoms with Crippen molar-refractivity contribution in [3.05, 3.63) is 0 Å². The van der Waals surface area contributed by atoms with E-state index in [0.29, 0.717) is 0 Å². The molecule has 4 N–H and O–H groups in total. The van der Waals surface area contributed by atoms with Gasteiger partial charge in [-0.25, -0.2) is 0 Å². The maximum Gasteiger partial charge on any atom is -0.369 e. The van der Waals surface area contributed by atoms with E-state index in [9.17, 15) is 0 Å². The summed E-state index contributed by atoms with van der Waals surface area (Å²) >= 11 is 0. The van der Waals surface area contributed by atoms with Crippen molar-refractivity contribution in [1.82, 2.24) is 6.15 Å². The van der Waals surface area contributed by atoms with Crippen LogP contribution in [0.5, 0.6) is 0 Å². The minimum Gasteiger partial charge on any atom is -0.369 e. The third-order valence-corrected chi connectivity index (χ3v) is 0. The Kier molecular flexibility index (Phi) is 10.2. The molecule has 0 aromatic heterocycles. The number of hydrogen-bond donors (Lipinski definition) is 1. The standard InChI is InChI=1S/3ClH.H3N.Ni/h3*1H;1H3;/q;;;;+3/p-2. The van der Waals surface area contributed by atoms with E-state index in [1.54, 1.807) is 0 Å². The number of hydrogen-bond acceptors (Lipinski definition) is 0. The Labute approximate surface area is 47.6 Å². The summed E-state index contributed by atoms with van der Waals surface area (Å²) in [6.45, 7) is 0. The summed E-state index contributed by atoms with van der Waals surface area (Å²) in [4.78, 5) is 0. The van der Waals surface area contributed by atoms with Gasteiger partial charge in [-0.15, -0.1) is 0 Å². The van der Waals surface area contributed by atoms with Crippen LogP contribution < -0.4 is 6.15 Å². The van der Waals surface area contributed by atoms with Gasteiger partial charge in [0.25, 0.3) is 0 Å². The van der Waals surface area contributed by atoms with Crippen molar-refractivity contribution in [3.63, 3.8) is 0 Å². The van der Waals surface area contributed by atoms with E-state index in [1.165, 1.54) is 0 Å². The SMILES string of the molecule is [Cl][Ni]([Cl])[Cl].[NH4+]. The third kappa shape index (κ3) is 33.6. The predicted molar refractivity (Wildman–Crippen MR) is 23.5 cm³/mol. The molecule has 5 heteroatoms. The zero-order valence-electron chi connectivity index (χ0n) is 2.45. The molecule has 0 aromatic carbocycles. The molecule has 0 radical (unpaired) electrons. The zero-order valence-corrected chi connectivity index (χ0v) is 5.71. The normalized spacial score (nSPS) is 9.00. The Hall–Kier alpha value is 1.32. The molecule has 0 rings (SSSR count). The fourth-order valence-electron chi connectivity index (χ4n) is 0. The Balaban J connectivity index is 0. The van der Waals surface area contributed by atoms with Gasteiger partial charge in [0.15, 0.2) is 0 Å². The molecule has 0 aromatic rings.